The van der Waals surface area contributed by atoms with Crippen LogP contribution in [0.1, 0.15) is 5.56 Å². The second kappa shape index (κ2) is 9.44. The SMILES string of the molecule is COc1cc(/C=C/C(=O)N2CCN(S(=O)(=O)c3c(F)cccc3F)CC2)cc(OC)c1. The number of piperazine rings is 1. The summed E-state index contributed by atoms with van der Waals surface area (Å²) in [6.07, 6.45) is 2.97. The number of methoxy groups -OCH3 is 2. The molecule has 0 saturated carbocycles. The van der Waals surface area contributed by atoms with Gasteiger partial charge in [-0.15, -0.1) is 0 Å². The maximum atomic E-state index is 13.9. The molecule has 1 aliphatic heterocycles. The number of amides is 1. The highest BCUT2D eigenvalue weighted by Crippen LogP contribution is 2.25. The van der Waals surface area contributed by atoms with E-state index in [-0.39, 0.29) is 32.1 Å². The van der Waals surface area contributed by atoms with Crippen molar-refractivity contribution in [3.8, 4) is 11.5 Å². The van der Waals surface area contributed by atoms with Crippen LogP contribution in [0, 0.1) is 11.6 Å². The number of nitrogens with zero attached hydrogens (tertiary/aromatic N) is 2. The summed E-state index contributed by atoms with van der Waals surface area (Å²) in [7, 11) is -1.30. The first-order chi connectivity index (χ1) is 14.8. The van der Waals surface area contributed by atoms with E-state index in [2.05, 4.69) is 0 Å². The molecule has 0 aromatic heterocycles. The van der Waals surface area contributed by atoms with Crippen LogP contribution in [0.4, 0.5) is 8.78 Å². The molecule has 2 aromatic carbocycles. The zero-order valence-corrected chi connectivity index (χ0v) is 17.9. The minimum Gasteiger partial charge on any atom is -0.497 e. The largest absolute Gasteiger partial charge is 0.497 e. The van der Waals surface area contributed by atoms with Crippen molar-refractivity contribution in [2.24, 2.45) is 0 Å². The van der Waals surface area contributed by atoms with Crippen LogP contribution in [0.25, 0.3) is 6.08 Å². The smallest absolute Gasteiger partial charge is 0.249 e. The predicted molar refractivity (Wildman–Crippen MR) is 110 cm³/mol. The molecular formula is C21H22F2N2O5S. The van der Waals surface area contributed by atoms with Crippen molar-refractivity contribution in [2.45, 2.75) is 4.90 Å². The van der Waals surface area contributed by atoms with E-state index < -0.39 is 26.6 Å². The molecule has 0 aliphatic carbocycles. The molecule has 7 nitrogen and oxygen atoms in total. The number of ether oxygens (including phenoxy) is 2. The maximum Gasteiger partial charge on any atom is 0.249 e. The Morgan fingerprint density at radius 2 is 1.52 bits per heavy atom. The number of sulfonamides is 1. The van der Waals surface area contributed by atoms with Crippen LogP contribution in [0.5, 0.6) is 11.5 Å². The predicted octanol–water partition coefficient (Wildman–Crippen LogP) is 2.53. The first kappa shape index (κ1) is 22.7. The van der Waals surface area contributed by atoms with Gasteiger partial charge in [0.05, 0.1) is 14.2 Å². The van der Waals surface area contributed by atoms with Gasteiger partial charge in [-0.1, -0.05) is 6.07 Å². The Morgan fingerprint density at radius 3 is 2.03 bits per heavy atom. The van der Waals surface area contributed by atoms with E-state index >= 15 is 0 Å². The number of benzene rings is 2. The minimum atomic E-state index is -4.34. The van der Waals surface area contributed by atoms with E-state index in [0.717, 1.165) is 22.5 Å². The van der Waals surface area contributed by atoms with Gasteiger partial charge < -0.3 is 14.4 Å². The van der Waals surface area contributed by atoms with Crippen molar-refractivity contribution in [1.82, 2.24) is 9.21 Å². The highest BCUT2D eigenvalue weighted by atomic mass is 32.2. The molecule has 0 spiro atoms. The van der Waals surface area contributed by atoms with Crippen LogP contribution in [0.2, 0.25) is 0 Å². The molecular weight excluding hydrogens is 430 g/mol. The van der Waals surface area contributed by atoms with Gasteiger partial charge >= 0.3 is 0 Å². The van der Waals surface area contributed by atoms with E-state index in [4.69, 9.17) is 9.47 Å². The van der Waals surface area contributed by atoms with Crippen molar-refractivity contribution >= 4 is 22.0 Å². The highest BCUT2D eigenvalue weighted by molar-refractivity contribution is 7.89. The molecule has 166 valence electrons. The molecule has 0 unspecified atom stereocenters. The molecule has 0 atom stereocenters. The second-order valence-electron chi connectivity index (χ2n) is 6.76. The maximum absolute atomic E-state index is 13.9. The summed E-state index contributed by atoms with van der Waals surface area (Å²) in [5.74, 6) is -1.45. The number of rotatable bonds is 6. The Balaban J connectivity index is 1.67. The Kier molecular flexibility index (Phi) is 6.91. The lowest BCUT2D eigenvalue weighted by Crippen LogP contribution is -2.50. The van der Waals surface area contributed by atoms with Crippen LogP contribution in [-0.4, -0.2) is 63.9 Å². The van der Waals surface area contributed by atoms with Gasteiger partial charge in [0, 0.05) is 38.3 Å². The molecule has 0 bridgehead atoms. The average molecular weight is 452 g/mol. The second-order valence-corrected chi connectivity index (χ2v) is 8.63. The lowest BCUT2D eigenvalue weighted by Gasteiger charge is -2.33. The molecule has 10 heteroatoms. The van der Waals surface area contributed by atoms with Gasteiger partial charge in [-0.25, -0.2) is 17.2 Å². The molecule has 31 heavy (non-hydrogen) atoms. The summed E-state index contributed by atoms with van der Waals surface area (Å²) in [6, 6.07) is 8.07. The summed E-state index contributed by atoms with van der Waals surface area (Å²) < 4.78 is 64.5. The van der Waals surface area contributed by atoms with Crippen molar-refractivity contribution < 1.29 is 31.5 Å². The van der Waals surface area contributed by atoms with Crippen LogP contribution >= 0.6 is 0 Å². The van der Waals surface area contributed by atoms with Gasteiger partial charge in [-0.3, -0.25) is 4.79 Å². The van der Waals surface area contributed by atoms with Gasteiger partial charge in [0.25, 0.3) is 0 Å². The van der Waals surface area contributed by atoms with Crippen LogP contribution in [-0.2, 0) is 14.8 Å². The molecule has 2 aromatic rings. The zero-order chi connectivity index (χ0) is 22.6. The fraction of sp³-hybridized carbons (Fsp3) is 0.286. The lowest BCUT2D eigenvalue weighted by atomic mass is 10.2. The van der Waals surface area contributed by atoms with E-state index in [1.54, 1.807) is 24.3 Å². The molecule has 1 aliphatic rings. The fourth-order valence-corrected chi connectivity index (χ4v) is 4.74. The van der Waals surface area contributed by atoms with Crippen molar-refractivity contribution in [1.29, 1.82) is 0 Å². The van der Waals surface area contributed by atoms with E-state index in [0.29, 0.717) is 17.1 Å². The standard InChI is InChI=1S/C21H22F2N2O5S/c1-29-16-12-15(13-17(14-16)30-2)6-7-20(26)24-8-10-25(11-9-24)31(27,28)21-18(22)4-3-5-19(21)23/h3-7,12-14H,8-11H2,1-2H3/b7-6+. The third-order valence-corrected chi connectivity index (χ3v) is 6.81. The lowest BCUT2D eigenvalue weighted by molar-refractivity contribution is -0.127. The van der Waals surface area contributed by atoms with Gasteiger partial charge in [0.15, 0.2) is 4.90 Å². The minimum absolute atomic E-state index is 0.0668. The number of halogens is 2. The van der Waals surface area contributed by atoms with Crippen molar-refractivity contribution in [2.75, 3.05) is 40.4 Å². The van der Waals surface area contributed by atoms with Gasteiger partial charge in [-0.2, -0.15) is 4.31 Å². The summed E-state index contributed by atoms with van der Waals surface area (Å²) in [6.45, 7) is 0.0607. The average Bonchev–Trinajstić information content (AvgIpc) is 2.77. The van der Waals surface area contributed by atoms with Gasteiger partial charge in [0.1, 0.15) is 23.1 Å². The van der Waals surface area contributed by atoms with Crippen molar-refractivity contribution in [3.63, 3.8) is 0 Å². The van der Waals surface area contributed by atoms with E-state index in [1.165, 1.54) is 25.2 Å². The Bertz CT molecular complexity index is 1050. The summed E-state index contributed by atoms with van der Waals surface area (Å²) in [5.41, 5.74) is 0.695. The third kappa shape index (κ3) is 5.02. The number of hydrogen-bond donors (Lipinski definition) is 0. The Labute approximate surface area is 179 Å². The number of carbonyl (C=O) groups is 1. The first-order valence-corrected chi connectivity index (χ1v) is 10.8. The zero-order valence-electron chi connectivity index (χ0n) is 17.0. The van der Waals surface area contributed by atoms with Gasteiger partial charge in [0.2, 0.25) is 15.9 Å². The van der Waals surface area contributed by atoms with E-state index in [1.807, 2.05) is 0 Å². The summed E-state index contributed by atoms with van der Waals surface area (Å²) in [5, 5.41) is 0. The normalized spacial score (nSPS) is 15.3. The number of hydrogen-bond acceptors (Lipinski definition) is 5. The summed E-state index contributed by atoms with van der Waals surface area (Å²) >= 11 is 0. The van der Waals surface area contributed by atoms with E-state index in [9.17, 15) is 22.0 Å². The first-order valence-electron chi connectivity index (χ1n) is 9.40. The monoisotopic (exact) mass is 452 g/mol. The van der Waals surface area contributed by atoms with Crippen molar-refractivity contribution in [3.05, 3.63) is 59.7 Å². The topological polar surface area (TPSA) is 76.2 Å². The van der Waals surface area contributed by atoms with Gasteiger partial charge in [-0.05, 0) is 35.9 Å². The van der Waals surface area contributed by atoms with Crippen LogP contribution in [0.3, 0.4) is 0 Å². The summed E-state index contributed by atoms with van der Waals surface area (Å²) in [4.78, 5) is 13.0. The number of carbonyl (C=O) groups excluding carboxylic acids is 1. The molecule has 1 amide bonds. The molecule has 1 saturated heterocycles. The Morgan fingerprint density at radius 1 is 0.968 bits per heavy atom. The van der Waals surface area contributed by atoms with Crippen LogP contribution in [0.15, 0.2) is 47.4 Å². The quantitative estimate of drug-likeness (QED) is 0.630. The molecule has 0 N–H and O–H groups in total. The Hall–Kier alpha value is -2.98. The van der Waals surface area contributed by atoms with Crippen LogP contribution < -0.4 is 9.47 Å². The molecule has 3 rings (SSSR count). The fourth-order valence-electron chi connectivity index (χ4n) is 3.21. The molecule has 1 fully saturated rings. The molecule has 1 heterocycles. The highest BCUT2D eigenvalue weighted by Gasteiger charge is 2.33. The third-order valence-electron chi connectivity index (χ3n) is 4.86. The molecule has 0 radical (unpaired) electrons.